The van der Waals surface area contributed by atoms with Crippen LogP contribution in [0.1, 0.15) is 27.7 Å². The summed E-state index contributed by atoms with van der Waals surface area (Å²) in [6.45, 7) is 6.93. The highest BCUT2D eigenvalue weighted by Crippen LogP contribution is 2.05. The average Bonchev–Trinajstić information content (AvgIpc) is 1.71. The van der Waals surface area contributed by atoms with Gasteiger partial charge in [-0.25, -0.2) is 0 Å². The summed E-state index contributed by atoms with van der Waals surface area (Å²) >= 11 is 0. The molecule has 10 nitrogen and oxygen atoms in total. The molecule has 18 heavy (non-hydrogen) atoms. The predicted molar refractivity (Wildman–Crippen MR) is 66.8 cm³/mol. The van der Waals surface area contributed by atoms with Gasteiger partial charge in [-0.15, -0.1) is 0 Å². The molecule has 0 aliphatic heterocycles. The van der Waals surface area contributed by atoms with Crippen molar-refractivity contribution < 1.29 is 27.1 Å². The lowest BCUT2D eigenvalue weighted by Crippen LogP contribution is -2.21. The van der Waals surface area contributed by atoms with E-state index in [1.165, 1.54) is 6.92 Å². The Bertz CT molecular complexity index is 322. The third-order valence-corrected chi connectivity index (χ3v) is 0.450. The standard InChI is InChI=1S/C6H12O2.CH5N3.H3N.H2O4S/c1-5(7)8-6(2,3)4;2-1(3)4;;1-5(2,3)4/h1-4H3;(H5,2,3,4);1H3;(H2,1,2,3,4). The zero-order valence-electron chi connectivity index (χ0n) is 10.8. The van der Waals surface area contributed by atoms with Gasteiger partial charge in [-0.3, -0.25) is 19.3 Å². The highest BCUT2D eigenvalue weighted by molar-refractivity contribution is 7.79. The minimum absolute atomic E-state index is 0. The minimum Gasteiger partial charge on any atom is -0.460 e. The lowest BCUT2D eigenvalue weighted by atomic mass is 10.2. The molecule has 0 saturated heterocycles. The summed E-state index contributed by atoms with van der Waals surface area (Å²) in [5, 5.41) is 6.06. The largest absolute Gasteiger partial charge is 0.460 e. The maximum absolute atomic E-state index is 10.2. The molecule has 0 fully saturated rings. The van der Waals surface area contributed by atoms with E-state index in [-0.39, 0.29) is 23.7 Å². The second-order valence-electron chi connectivity index (χ2n) is 3.61. The van der Waals surface area contributed by atoms with Crippen LogP contribution < -0.4 is 17.6 Å². The zero-order chi connectivity index (χ0) is 14.9. The summed E-state index contributed by atoms with van der Waals surface area (Å²) < 4.78 is 36.4. The Hall–Kier alpha value is -1.43. The summed E-state index contributed by atoms with van der Waals surface area (Å²) in [4.78, 5) is 10.2. The number of nitrogens with one attached hydrogen (secondary N) is 1. The Morgan fingerprint density at radius 1 is 1.22 bits per heavy atom. The quantitative estimate of drug-likeness (QED) is 0.149. The number of carbonyl (C=O) groups is 1. The number of nitrogens with two attached hydrogens (primary N) is 2. The lowest BCUT2D eigenvalue weighted by Gasteiger charge is -2.17. The Morgan fingerprint density at radius 2 is 1.39 bits per heavy atom. The molecule has 0 unspecified atom stereocenters. The summed E-state index contributed by atoms with van der Waals surface area (Å²) in [6, 6.07) is 0. The number of esters is 1. The maximum Gasteiger partial charge on any atom is 0.394 e. The Labute approximate surface area is 106 Å². The van der Waals surface area contributed by atoms with Crippen LogP contribution in [0.15, 0.2) is 0 Å². The third kappa shape index (κ3) is 211. The van der Waals surface area contributed by atoms with Crippen LogP contribution in [0.3, 0.4) is 0 Å². The fraction of sp³-hybridized carbons (Fsp3) is 0.714. The van der Waals surface area contributed by atoms with E-state index in [0.717, 1.165) is 0 Å². The van der Waals surface area contributed by atoms with Crippen molar-refractivity contribution in [2.24, 2.45) is 11.5 Å². The molecular formula is C7H22N4O6S. The van der Waals surface area contributed by atoms with Crippen LogP contribution in [0.5, 0.6) is 0 Å². The molecule has 0 rings (SSSR count). The molecule has 0 aromatic heterocycles. The number of ether oxygens (including phenoxy) is 1. The van der Waals surface area contributed by atoms with Gasteiger partial charge in [0.2, 0.25) is 0 Å². The molecule has 112 valence electrons. The van der Waals surface area contributed by atoms with Crippen molar-refractivity contribution >= 4 is 22.3 Å². The third-order valence-electron chi connectivity index (χ3n) is 0.450. The van der Waals surface area contributed by atoms with Crippen molar-refractivity contribution in [2.45, 2.75) is 33.3 Å². The van der Waals surface area contributed by atoms with E-state index in [4.69, 9.17) is 27.7 Å². The van der Waals surface area contributed by atoms with Gasteiger partial charge in [0.15, 0.2) is 5.96 Å². The number of rotatable bonds is 0. The van der Waals surface area contributed by atoms with E-state index in [0.29, 0.717) is 0 Å². The molecule has 0 saturated carbocycles. The molecule has 0 spiro atoms. The second-order valence-corrected chi connectivity index (χ2v) is 4.50. The molecule has 0 heterocycles. The first kappa shape index (κ1) is 25.4. The smallest absolute Gasteiger partial charge is 0.394 e. The normalized spacial score (nSPS) is 9.44. The number of guanidine groups is 1. The van der Waals surface area contributed by atoms with Gasteiger partial charge in [0.25, 0.3) is 0 Å². The summed E-state index contributed by atoms with van der Waals surface area (Å²) in [7, 11) is -4.67. The molecule has 0 aliphatic carbocycles. The van der Waals surface area contributed by atoms with Crippen LogP contribution in [0.4, 0.5) is 0 Å². The highest BCUT2D eigenvalue weighted by atomic mass is 32.3. The van der Waals surface area contributed by atoms with Gasteiger partial charge in [0, 0.05) is 6.92 Å². The molecule has 0 aromatic rings. The lowest BCUT2D eigenvalue weighted by molar-refractivity contribution is -0.151. The molecule has 0 bridgehead atoms. The first-order valence-corrected chi connectivity index (χ1v) is 5.54. The fourth-order valence-electron chi connectivity index (χ4n) is 0.431. The van der Waals surface area contributed by atoms with Gasteiger partial charge in [0.05, 0.1) is 0 Å². The maximum atomic E-state index is 10.2. The number of hydrogen-bond acceptors (Lipinski definition) is 6. The molecule has 11 heteroatoms. The van der Waals surface area contributed by atoms with Crippen molar-refractivity contribution in [1.82, 2.24) is 6.15 Å². The van der Waals surface area contributed by atoms with E-state index in [1.54, 1.807) is 0 Å². The summed E-state index contributed by atoms with van der Waals surface area (Å²) in [6.07, 6.45) is 0. The van der Waals surface area contributed by atoms with Crippen molar-refractivity contribution in [3.8, 4) is 0 Å². The Kier molecular flexibility index (Phi) is 15.1. The molecule has 0 aromatic carbocycles. The van der Waals surface area contributed by atoms with Gasteiger partial charge in [-0.2, -0.15) is 8.42 Å². The van der Waals surface area contributed by atoms with Crippen molar-refractivity contribution in [2.75, 3.05) is 0 Å². The fourth-order valence-corrected chi connectivity index (χ4v) is 0.431. The van der Waals surface area contributed by atoms with Crippen LogP contribution >= 0.6 is 0 Å². The van der Waals surface area contributed by atoms with Crippen LogP contribution in [-0.2, 0) is 19.9 Å². The molecule has 0 radical (unpaired) electrons. The molecule has 0 amide bonds. The topological polar surface area (TPSA) is 212 Å². The van der Waals surface area contributed by atoms with E-state index in [2.05, 4.69) is 11.5 Å². The van der Waals surface area contributed by atoms with Gasteiger partial charge in [-0.1, -0.05) is 0 Å². The van der Waals surface area contributed by atoms with E-state index in [1.807, 2.05) is 20.8 Å². The first-order valence-electron chi connectivity index (χ1n) is 4.14. The van der Waals surface area contributed by atoms with E-state index < -0.39 is 10.4 Å². The number of hydrogen-bond donors (Lipinski definition) is 6. The van der Waals surface area contributed by atoms with Crippen LogP contribution in [0.25, 0.3) is 0 Å². The van der Waals surface area contributed by atoms with Crippen molar-refractivity contribution in [3.05, 3.63) is 0 Å². The van der Waals surface area contributed by atoms with Gasteiger partial charge >= 0.3 is 16.4 Å². The monoisotopic (exact) mass is 290 g/mol. The minimum atomic E-state index is -4.67. The SMILES string of the molecule is CC(=O)OC(C)(C)C.N.N=C(N)N.O=S(=O)(O)O. The van der Waals surface area contributed by atoms with Crippen LogP contribution in [-0.4, -0.2) is 35.1 Å². The number of carbonyl (C=O) groups excluding carboxylic acids is 1. The Morgan fingerprint density at radius 3 is 1.39 bits per heavy atom. The van der Waals surface area contributed by atoms with Gasteiger partial charge in [-0.05, 0) is 20.8 Å². The van der Waals surface area contributed by atoms with Crippen molar-refractivity contribution in [3.63, 3.8) is 0 Å². The average molecular weight is 290 g/mol. The summed E-state index contributed by atoms with van der Waals surface area (Å²) in [5.74, 6) is -0.558. The Balaban J connectivity index is -0.0000000855. The van der Waals surface area contributed by atoms with Crippen LogP contribution in [0, 0.1) is 5.41 Å². The van der Waals surface area contributed by atoms with E-state index in [9.17, 15) is 4.79 Å². The molecule has 0 atom stereocenters. The molecule has 10 N–H and O–H groups in total. The summed E-state index contributed by atoms with van der Waals surface area (Å²) in [5.41, 5.74) is 8.62. The predicted octanol–water partition coefficient (Wildman–Crippen LogP) is -0.304. The second kappa shape index (κ2) is 10.7. The van der Waals surface area contributed by atoms with E-state index >= 15 is 0 Å². The van der Waals surface area contributed by atoms with Crippen LogP contribution in [0.2, 0.25) is 0 Å². The van der Waals surface area contributed by atoms with Crippen molar-refractivity contribution in [1.29, 1.82) is 5.41 Å². The zero-order valence-corrected chi connectivity index (χ0v) is 11.6. The molecule has 0 aliphatic rings. The highest BCUT2D eigenvalue weighted by Gasteiger charge is 2.11. The van der Waals surface area contributed by atoms with Gasteiger partial charge in [0.1, 0.15) is 5.60 Å². The molecular weight excluding hydrogens is 268 g/mol. The van der Waals surface area contributed by atoms with Gasteiger partial charge < -0.3 is 22.4 Å². The first-order chi connectivity index (χ1) is 7.15.